The summed E-state index contributed by atoms with van der Waals surface area (Å²) in [7, 11) is 0. The second-order valence-electron chi connectivity index (χ2n) is 7.26. The average molecular weight is 420 g/mol. The Kier molecular flexibility index (Phi) is 7.81. The number of guanidine groups is 1. The van der Waals surface area contributed by atoms with Gasteiger partial charge in [-0.15, -0.1) is 0 Å². The van der Waals surface area contributed by atoms with Crippen molar-refractivity contribution in [1.29, 1.82) is 0 Å². The van der Waals surface area contributed by atoms with E-state index in [9.17, 15) is 4.79 Å². The predicted octanol–water partition coefficient (Wildman–Crippen LogP) is 3.91. The molecule has 1 heterocycles. The molecule has 0 spiro atoms. The maximum Gasteiger partial charge on any atom is 0.226 e. The number of anilines is 1. The number of nitrogens with one attached hydrogen (secondary N) is 3. The van der Waals surface area contributed by atoms with Crippen molar-refractivity contribution < 1.29 is 9.21 Å². The van der Waals surface area contributed by atoms with Crippen molar-refractivity contribution in [3.8, 4) is 11.5 Å². The Balaban J connectivity index is 1.53. The predicted molar refractivity (Wildman–Crippen MR) is 124 cm³/mol. The summed E-state index contributed by atoms with van der Waals surface area (Å²) < 4.78 is 5.61. The number of hydrogen-bond donors (Lipinski definition) is 3. The van der Waals surface area contributed by atoms with E-state index in [1.165, 1.54) is 18.1 Å². The Morgan fingerprint density at radius 2 is 1.81 bits per heavy atom. The van der Waals surface area contributed by atoms with Gasteiger partial charge in [0.2, 0.25) is 11.8 Å². The summed E-state index contributed by atoms with van der Waals surface area (Å²) in [6, 6.07) is 15.9. The van der Waals surface area contributed by atoms with E-state index in [4.69, 9.17) is 4.42 Å². The number of amides is 1. The van der Waals surface area contributed by atoms with E-state index in [1.807, 2.05) is 55.5 Å². The van der Waals surface area contributed by atoms with Crippen LogP contribution in [0.5, 0.6) is 0 Å². The van der Waals surface area contributed by atoms with Crippen LogP contribution in [-0.4, -0.2) is 29.9 Å². The van der Waals surface area contributed by atoms with Gasteiger partial charge in [-0.3, -0.25) is 4.79 Å². The lowest BCUT2D eigenvalue weighted by Crippen LogP contribution is -2.38. The summed E-state index contributed by atoms with van der Waals surface area (Å²) in [5.41, 5.74) is 4.91. The van der Waals surface area contributed by atoms with Crippen molar-refractivity contribution in [3.63, 3.8) is 0 Å². The normalized spacial score (nSPS) is 11.3. The number of oxazole rings is 1. The van der Waals surface area contributed by atoms with Crippen molar-refractivity contribution in [2.45, 2.75) is 33.7 Å². The molecule has 2 aromatic carbocycles. The lowest BCUT2D eigenvalue weighted by molar-refractivity contribution is -0.114. The van der Waals surface area contributed by atoms with Gasteiger partial charge >= 0.3 is 0 Å². The Hall–Kier alpha value is -3.61. The molecule has 0 fully saturated rings. The Bertz CT molecular complexity index is 1010. The molecule has 0 aliphatic rings. The molecule has 3 aromatic rings. The molecule has 0 radical (unpaired) electrons. The fourth-order valence-electron chi connectivity index (χ4n) is 2.99. The number of aromatic nitrogens is 1. The molecule has 0 aliphatic heterocycles. The molecule has 3 N–H and O–H groups in total. The number of aliphatic imine (C=N–C) groups is 1. The monoisotopic (exact) mass is 419 g/mol. The molecule has 0 atom stereocenters. The standard InChI is InChI=1S/C24H29N5O2/c1-4-25-24(26-14-13-19-7-11-21(12-8-19)28-18(3)30)27-15-22-16-31-23(29-22)20-9-5-17(2)6-10-20/h5-12,16H,4,13-15H2,1-3H3,(H,28,30)(H2,25,26,27). The van der Waals surface area contributed by atoms with Gasteiger partial charge in [-0.25, -0.2) is 9.98 Å². The smallest absolute Gasteiger partial charge is 0.226 e. The Labute approximate surface area is 183 Å². The van der Waals surface area contributed by atoms with Gasteiger partial charge in [0.05, 0.1) is 6.54 Å². The number of nitrogens with zero attached hydrogens (tertiary/aromatic N) is 2. The van der Waals surface area contributed by atoms with Gasteiger partial charge in [-0.2, -0.15) is 0 Å². The van der Waals surface area contributed by atoms with Gasteiger partial charge in [-0.05, 0) is 50.1 Å². The third kappa shape index (κ3) is 6.99. The molecule has 7 nitrogen and oxygen atoms in total. The molecular formula is C24H29N5O2. The molecule has 3 rings (SSSR count). The van der Waals surface area contributed by atoms with Crippen LogP contribution < -0.4 is 16.0 Å². The SMILES string of the molecule is CCNC(=NCc1coc(-c2ccc(C)cc2)n1)NCCc1ccc(NC(C)=O)cc1. The maximum absolute atomic E-state index is 11.1. The lowest BCUT2D eigenvalue weighted by Gasteiger charge is -2.11. The molecule has 0 bridgehead atoms. The number of rotatable bonds is 8. The minimum atomic E-state index is -0.0704. The molecule has 0 saturated carbocycles. The van der Waals surface area contributed by atoms with Crippen LogP contribution in [0.2, 0.25) is 0 Å². The molecule has 31 heavy (non-hydrogen) atoms. The maximum atomic E-state index is 11.1. The second kappa shape index (κ2) is 11.0. The molecular weight excluding hydrogens is 390 g/mol. The molecule has 0 aliphatic carbocycles. The first kappa shape index (κ1) is 22.1. The zero-order valence-electron chi connectivity index (χ0n) is 18.2. The molecule has 1 amide bonds. The van der Waals surface area contributed by atoms with Crippen LogP contribution in [-0.2, 0) is 17.8 Å². The highest BCUT2D eigenvalue weighted by molar-refractivity contribution is 5.88. The van der Waals surface area contributed by atoms with Gasteiger partial charge in [0, 0.05) is 31.3 Å². The first-order valence-electron chi connectivity index (χ1n) is 10.4. The fourth-order valence-corrected chi connectivity index (χ4v) is 2.99. The number of carbonyl (C=O) groups is 1. The summed E-state index contributed by atoms with van der Waals surface area (Å²) in [5, 5.41) is 9.36. The van der Waals surface area contributed by atoms with Gasteiger partial charge < -0.3 is 20.4 Å². The van der Waals surface area contributed by atoms with E-state index in [0.717, 1.165) is 42.4 Å². The van der Waals surface area contributed by atoms with Gasteiger partial charge in [0.25, 0.3) is 0 Å². The van der Waals surface area contributed by atoms with Crippen LogP contribution in [0, 0.1) is 6.92 Å². The summed E-state index contributed by atoms with van der Waals surface area (Å²) in [6.07, 6.45) is 2.49. The van der Waals surface area contributed by atoms with Gasteiger partial charge in [-0.1, -0.05) is 29.8 Å². The van der Waals surface area contributed by atoms with Crippen molar-refractivity contribution in [2.24, 2.45) is 4.99 Å². The van der Waals surface area contributed by atoms with Crippen LogP contribution in [0.4, 0.5) is 5.69 Å². The van der Waals surface area contributed by atoms with Crippen molar-refractivity contribution in [1.82, 2.24) is 15.6 Å². The van der Waals surface area contributed by atoms with Gasteiger partial charge in [0.15, 0.2) is 5.96 Å². The number of benzene rings is 2. The highest BCUT2D eigenvalue weighted by Crippen LogP contribution is 2.19. The van der Waals surface area contributed by atoms with Crippen molar-refractivity contribution in [2.75, 3.05) is 18.4 Å². The van der Waals surface area contributed by atoms with E-state index in [0.29, 0.717) is 12.4 Å². The third-order valence-corrected chi connectivity index (χ3v) is 4.57. The van der Waals surface area contributed by atoms with E-state index in [-0.39, 0.29) is 5.91 Å². The highest BCUT2D eigenvalue weighted by atomic mass is 16.3. The van der Waals surface area contributed by atoms with Crippen LogP contribution in [0.3, 0.4) is 0 Å². The van der Waals surface area contributed by atoms with Crippen LogP contribution >= 0.6 is 0 Å². The summed E-state index contributed by atoms with van der Waals surface area (Å²) >= 11 is 0. The molecule has 162 valence electrons. The summed E-state index contributed by atoms with van der Waals surface area (Å²) in [5.74, 6) is 1.27. The minimum Gasteiger partial charge on any atom is -0.444 e. The minimum absolute atomic E-state index is 0.0704. The first-order valence-corrected chi connectivity index (χ1v) is 10.4. The summed E-state index contributed by atoms with van der Waals surface area (Å²) in [6.45, 7) is 7.51. The Morgan fingerprint density at radius 3 is 2.48 bits per heavy atom. The molecule has 7 heteroatoms. The first-order chi connectivity index (χ1) is 15.0. The number of hydrogen-bond acceptors (Lipinski definition) is 4. The second-order valence-corrected chi connectivity index (χ2v) is 7.26. The third-order valence-electron chi connectivity index (χ3n) is 4.57. The molecule has 1 aromatic heterocycles. The van der Waals surface area contributed by atoms with Crippen molar-refractivity contribution in [3.05, 3.63) is 71.6 Å². The zero-order valence-corrected chi connectivity index (χ0v) is 18.2. The van der Waals surface area contributed by atoms with E-state index in [2.05, 4.69) is 32.9 Å². The Morgan fingerprint density at radius 1 is 1.06 bits per heavy atom. The zero-order chi connectivity index (χ0) is 22.1. The van der Waals surface area contributed by atoms with Gasteiger partial charge in [0.1, 0.15) is 12.0 Å². The topological polar surface area (TPSA) is 91.6 Å². The number of carbonyl (C=O) groups excluding carboxylic acids is 1. The van der Waals surface area contributed by atoms with Crippen LogP contribution in [0.15, 0.2) is 64.2 Å². The van der Waals surface area contributed by atoms with E-state index in [1.54, 1.807) is 6.26 Å². The molecule has 0 unspecified atom stereocenters. The van der Waals surface area contributed by atoms with E-state index < -0.39 is 0 Å². The number of aryl methyl sites for hydroxylation is 1. The average Bonchev–Trinajstić information content (AvgIpc) is 3.22. The molecule has 0 saturated heterocycles. The van der Waals surface area contributed by atoms with Crippen molar-refractivity contribution >= 4 is 17.6 Å². The lowest BCUT2D eigenvalue weighted by atomic mass is 10.1. The largest absolute Gasteiger partial charge is 0.444 e. The van der Waals surface area contributed by atoms with Crippen LogP contribution in [0.1, 0.15) is 30.7 Å². The van der Waals surface area contributed by atoms with E-state index >= 15 is 0 Å². The highest BCUT2D eigenvalue weighted by Gasteiger charge is 2.07. The van der Waals surface area contributed by atoms with Crippen LogP contribution in [0.25, 0.3) is 11.5 Å². The quantitative estimate of drug-likeness (QED) is 0.380. The summed E-state index contributed by atoms with van der Waals surface area (Å²) in [4.78, 5) is 20.3. The fraction of sp³-hybridized carbons (Fsp3) is 0.292.